The highest BCUT2D eigenvalue weighted by Crippen LogP contribution is 2.48. The minimum absolute atomic E-state index is 1.04. The van der Waals surface area contributed by atoms with E-state index in [2.05, 4.69) is 20.8 Å². The fourth-order valence-electron chi connectivity index (χ4n) is 1.92. The molecular formula is C12H26. The highest BCUT2D eigenvalue weighted by Gasteiger charge is 2.41. The summed E-state index contributed by atoms with van der Waals surface area (Å²) in [6.45, 7) is 11.1. The summed E-state index contributed by atoms with van der Waals surface area (Å²) >= 11 is 0. The van der Waals surface area contributed by atoms with Gasteiger partial charge in [-0.25, -0.2) is 0 Å². The quantitative estimate of drug-likeness (QED) is 0.545. The van der Waals surface area contributed by atoms with E-state index in [1.807, 2.05) is 13.8 Å². The summed E-state index contributed by atoms with van der Waals surface area (Å²) in [5.74, 6) is 3.17. The van der Waals surface area contributed by atoms with Crippen LogP contribution >= 0.6 is 0 Å². The Balaban J connectivity index is 0.000000561. The van der Waals surface area contributed by atoms with E-state index in [9.17, 15) is 0 Å². The molecule has 0 nitrogen and oxygen atoms in total. The highest BCUT2D eigenvalue weighted by molar-refractivity contribution is 4.90. The maximum absolute atomic E-state index is 2.39. The van der Waals surface area contributed by atoms with Crippen molar-refractivity contribution in [2.45, 2.75) is 60.3 Å². The van der Waals surface area contributed by atoms with Crippen LogP contribution in [0.25, 0.3) is 0 Å². The van der Waals surface area contributed by atoms with Gasteiger partial charge in [-0.2, -0.15) is 0 Å². The molecule has 0 bridgehead atoms. The van der Waals surface area contributed by atoms with Crippen molar-refractivity contribution >= 4 is 0 Å². The zero-order valence-corrected chi connectivity index (χ0v) is 9.56. The molecule has 2 atom stereocenters. The Hall–Kier alpha value is 0. The molecule has 0 aliphatic heterocycles. The average molecular weight is 170 g/mol. The van der Waals surface area contributed by atoms with Crippen LogP contribution in [0.2, 0.25) is 0 Å². The van der Waals surface area contributed by atoms with Crippen molar-refractivity contribution in [3.63, 3.8) is 0 Å². The third kappa shape index (κ3) is 3.60. The second kappa shape index (κ2) is 6.51. The second-order valence-corrected chi connectivity index (χ2v) is 3.88. The number of unbranched alkanes of at least 4 members (excludes halogenated alkanes) is 2. The van der Waals surface area contributed by atoms with E-state index in [0.717, 1.165) is 17.8 Å². The number of rotatable bonds is 4. The molecule has 0 spiro atoms. The van der Waals surface area contributed by atoms with Crippen LogP contribution in [0.1, 0.15) is 60.3 Å². The molecule has 2 unspecified atom stereocenters. The van der Waals surface area contributed by atoms with Crippen molar-refractivity contribution in [3.05, 3.63) is 0 Å². The predicted molar refractivity (Wildman–Crippen MR) is 57.3 cm³/mol. The van der Waals surface area contributed by atoms with Crippen LogP contribution in [0.3, 0.4) is 0 Å². The van der Waals surface area contributed by atoms with Crippen LogP contribution in [0.15, 0.2) is 0 Å². The fourth-order valence-corrected chi connectivity index (χ4v) is 1.92. The summed E-state index contributed by atoms with van der Waals surface area (Å²) in [6, 6.07) is 0. The molecule has 0 aromatic carbocycles. The highest BCUT2D eigenvalue weighted by atomic mass is 14.5. The molecule has 0 saturated heterocycles. The van der Waals surface area contributed by atoms with Crippen LogP contribution in [0.5, 0.6) is 0 Å². The molecule has 0 heterocycles. The van der Waals surface area contributed by atoms with Crippen molar-refractivity contribution in [1.29, 1.82) is 0 Å². The summed E-state index contributed by atoms with van der Waals surface area (Å²) in [7, 11) is 0. The van der Waals surface area contributed by atoms with E-state index in [4.69, 9.17) is 0 Å². The second-order valence-electron chi connectivity index (χ2n) is 3.88. The molecule has 74 valence electrons. The van der Waals surface area contributed by atoms with Gasteiger partial charge in [-0.15, -0.1) is 0 Å². The molecule has 0 N–H and O–H groups in total. The molecule has 0 heteroatoms. The molecule has 0 aromatic rings. The summed E-state index contributed by atoms with van der Waals surface area (Å²) in [5.41, 5.74) is 0. The molecule has 1 aliphatic carbocycles. The first-order chi connectivity index (χ1) is 5.77. The van der Waals surface area contributed by atoms with Crippen LogP contribution in [-0.4, -0.2) is 0 Å². The average Bonchev–Trinajstić information content (AvgIpc) is 2.66. The summed E-state index contributed by atoms with van der Waals surface area (Å²) < 4.78 is 0. The smallest absolute Gasteiger partial charge is 0.0357 e. The van der Waals surface area contributed by atoms with E-state index in [-0.39, 0.29) is 0 Å². The first-order valence-electron chi connectivity index (χ1n) is 5.77. The lowest BCUT2D eigenvalue weighted by atomic mass is 10.1. The minimum Gasteiger partial charge on any atom is -0.0683 e. The Kier molecular flexibility index (Phi) is 6.51. The third-order valence-corrected chi connectivity index (χ3v) is 3.18. The van der Waals surface area contributed by atoms with Crippen molar-refractivity contribution in [1.82, 2.24) is 0 Å². The maximum atomic E-state index is 2.39. The fraction of sp³-hybridized carbons (Fsp3) is 1.00. The monoisotopic (exact) mass is 170 g/mol. The molecule has 0 amide bonds. The maximum Gasteiger partial charge on any atom is -0.0357 e. The lowest BCUT2D eigenvalue weighted by Gasteiger charge is -1.95. The van der Waals surface area contributed by atoms with Crippen molar-refractivity contribution < 1.29 is 0 Å². The molecule has 0 aromatic heterocycles. The van der Waals surface area contributed by atoms with Crippen molar-refractivity contribution in [2.75, 3.05) is 0 Å². The SMILES string of the molecule is CC.CCCCCC1C(C)C1C. The first-order valence-corrected chi connectivity index (χ1v) is 5.77. The Morgan fingerprint density at radius 2 is 1.42 bits per heavy atom. The first kappa shape index (κ1) is 12.0. The van der Waals surface area contributed by atoms with Gasteiger partial charge < -0.3 is 0 Å². The van der Waals surface area contributed by atoms with Gasteiger partial charge in [-0.1, -0.05) is 53.9 Å². The topological polar surface area (TPSA) is 0 Å². The molecule has 0 radical (unpaired) electrons. The van der Waals surface area contributed by atoms with E-state index in [0.29, 0.717) is 0 Å². The predicted octanol–water partition coefficient (Wildman–Crippen LogP) is 4.49. The van der Waals surface area contributed by atoms with Gasteiger partial charge in [-0.3, -0.25) is 0 Å². The van der Waals surface area contributed by atoms with Crippen LogP contribution in [0, 0.1) is 17.8 Å². The van der Waals surface area contributed by atoms with Crippen molar-refractivity contribution in [3.8, 4) is 0 Å². The van der Waals surface area contributed by atoms with Gasteiger partial charge in [0.25, 0.3) is 0 Å². The van der Waals surface area contributed by atoms with Gasteiger partial charge in [0, 0.05) is 0 Å². The Morgan fingerprint density at radius 1 is 0.917 bits per heavy atom. The lowest BCUT2D eigenvalue weighted by Crippen LogP contribution is -1.80. The van der Waals surface area contributed by atoms with Gasteiger partial charge in [-0.05, 0) is 24.2 Å². The zero-order chi connectivity index (χ0) is 9.56. The van der Waals surface area contributed by atoms with E-state index < -0.39 is 0 Å². The summed E-state index contributed by atoms with van der Waals surface area (Å²) in [4.78, 5) is 0. The van der Waals surface area contributed by atoms with Gasteiger partial charge in [0.2, 0.25) is 0 Å². The van der Waals surface area contributed by atoms with Crippen LogP contribution in [-0.2, 0) is 0 Å². The molecule has 1 fully saturated rings. The van der Waals surface area contributed by atoms with Crippen molar-refractivity contribution in [2.24, 2.45) is 17.8 Å². The third-order valence-electron chi connectivity index (χ3n) is 3.18. The standard InChI is InChI=1S/C10H20.C2H6/c1-4-5-6-7-10-8(2)9(10)3;1-2/h8-10H,4-7H2,1-3H3;1-2H3. The zero-order valence-electron chi connectivity index (χ0n) is 9.56. The van der Waals surface area contributed by atoms with Crippen LogP contribution < -0.4 is 0 Å². The largest absolute Gasteiger partial charge is 0.0683 e. The molecular weight excluding hydrogens is 144 g/mol. The van der Waals surface area contributed by atoms with E-state index >= 15 is 0 Å². The molecule has 1 saturated carbocycles. The molecule has 1 rings (SSSR count). The number of hydrogen-bond acceptors (Lipinski definition) is 0. The van der Waals surface area contributed by atoms with Gasteiger partial charge in [0.1, 0.15) is 0 Å². The summed E-state index contributed by atoms with van der Waals surface area (Å²) in [6.07, 6.45) is 5.78. The molecule has 1 aliphatic rings. The Labute approximate surface area is 78.8 Å². The van der Waals surface area contributed by atoms with Gasteiger partial charge in [0.05, 0.1) is 0 Å². The minimum atomic E-state index is 1.04. The normalized spacial score (nSPS) is 32.2. The van der Waals surface area contributed by atoms with E-state index in [1.54, 1.807) is 0 Å². The van der Waals surface area contributed by atoms with Gasteiger partial charge in [0.15, 0.2) is 0 Å². The molecule has 12 heavy (non-hydrogen) atoms. The Morgan fingerprint density at radius 3 is 1.75 bits per heavy atom. The number of hydrogen-bond donors (Lipinski definition) is 0. The summed E-state index contributed by atoms with van der Waals surface area (Å²) in [5, 5.41) is 0. The van der Waals surface area contributed by atoms with Crippen LogP contribution in [0.4, 0.5) is 0 Å². The Bertz CT molecular complexity index is 88.2. The van der Waals surface area contributed by atoms with E-state index in [1.165, 1.54) is 25.7 Å². The van der Waals surface area contributed by atoms with Gasteiger partial charge >= 0.3 is 0 Å². The lowest BCUT2D eigenvalue weighted by molar-refractivity contribution is 0.583.